The van der Waals surface area contributed by atoms with Crippen molar-refractivity contribution in [3.63, 3.8) is 0 Å². The van der Waals surface area contributed by atoms with Crippen molar-refractivity contribution < 1.29 is 5.11 Å². The minimum Gasteiger partial charge on any atom is -0.508 e. The molecule has 0 aliphatic rings. The predicted molar refractivity (Wildman–Crippen MR) is 40.1 cm³/mol. The van der Waals surface area contributed by atoms with Crippen LogP contribution < -0.4 is 0 Å². The second-order valence-electron chi connectivity index (χ2n) is 1.84. The molecule has 0 aromatic heterocycles. The van der Waals surface area contributed by atoms with Crippen molar-refractivity contribution in [1.29, 1.82) is 0 Å². The first-order chi connectivity index (χ1) is 3.79. The van der Waals surface area contributed by atoms with Gasteiger partial charge in [0.2, 0.25) is 0 Å². The molecule has 0 atom stereocenters. The lowest BCUT2D eigenvalue weighted by Crippen LogP contribution is -1.66. The van der Waals surface area contributed by atoms with E-state index >= 15 is 0 Å². The molecule has 0 aliphatic heterocycles. The van der Waals surface area contributed by atoms with Crippen LogP contribution >= 0.6 is 12.4 Å². The van der Waals surface area contributed by atoms with E-state index in [0.29, 0.717) is 5.75 Å². The molecule has 2 heteroatoms. The highest BCUT2D eigenvalue weighted by molar-refractivity contribution is 5.85. The zero-order valence-corrected chi connectivity index (χ0v) is 5.98. The Labute approximate surface area is 60.7 Å². The highest BCUT2D eigenvalue weighted by Gasteiger charge is 1.82. The zero-order valence-electron chi connectivity index (χ0n) is 5.16. The van der Waals surface area contributed by atoms with E-state index in [1.165, 1.54) is 5.56 Å². The van der Waals surface area contributed by atoms with Crippen molar-refractivity contribution in [3.8, 4) is 5.75 Å². The van der Waals surface area contributed by atoms with Gasteiger partial charge < -0.3 is 5.11 Å². The van der Waals surface area contributed by atoms with Crippen LogP contribution in [0, 0.1) is 6.92 Å². The van der Waals surface area contributed by atoms with E-state index in [0.717, 1.165) is 0 Å². The standard InChI is InChI=1S/C7H8O.ClH/c1-6-2-4-7(8)5-3-6;/h2-5,8H,1H3;1H. The maximum absolute atomic E-state index is 8.76. The summed E-state index contributed by atoms with van der Waals surface area (Å²) in [7, 11) is 0. The smallest absolute Gasteiger partial charge is 0.115 e. The first kappa shape index (κ1) is 8.31. The third kappa shape index (κ3) is 2.38. The minimum absolute atomic E-state index is 0. The number of aryl methyl sites for hydroxylation is 1. The van der Waals surface area contributed by atoms with Gasteiger partial charge in [-0.1, -0.05) is 17.7 Å². The summed E-state index contributed by atoms with van der Waals surface area (Å²) < 4.78 is 0. The van der Waals surface area contributed by atoms with Gasteiger partial charge in [-0.25, -0.2) is 0 Å². The summed E-state index contributed by atoms with van der Waals surface area (Å²) >= 11 is 0. The van der Waals surface area contributed by atoms with Crippen LogP contribution in [0.25, 0.3) is 0 Å². The van der Waals surface area contributed by atoms with Gasteiger partial charge in [0.1, 0.15) is 5.75 Å². The van der Waals surface area contributed by atoms with Crippen LogP contribution in [0.2, 0.25) is 0 Å². The normalized spacial score (nSPS) is 8.11. The summed E-state index contributed by atoms with van der Waals surface area (Å²) in [6.07, 6.45) is 0. The number of phenolic OH excluding ortho intramolecular Hbond substituents is 1. The molecular weight excluding hydrogens is 136 g/mol. The molecule has 1 aromatic rings. The first-order valence-corrected chi connectivity index (χ1v) is 2.54. The van der Waals surface area contributed by atoms with Gasteiger partial charge in [0.15, 0.2) is 0 Å². The molecule has 0 unspecified atom stereocenters. The van der Waals surface area contributed by atoms with E-state index in [1.807, 2.05) is 19.1 Å². The van der Waals surface area contributed by atoms with Gasteiger partial charge in [-0.15, -0.1) is 12.4 Å². The lowest BCUT2D eigenvalue weighted by Gasteiger charge is -1.89. The van der Waals surface area contributed by atoms with Gasteiger partial charge in [-0.3, -0.25) is 0 Å². The third-order valence-corrected chi connectivity index (χ3v) is 1.03. The number of phenols is 1. The number of rotatable bonds is 0. The van der Waals surface area contributed by atoms with Gasteiger partial charge in [0.05, 0.1) is 0 Å². The van der Waals surface area contributed by atoms with E-state index < -0.39 is 0 Å². The van der Waals surface area contributed by atoms with Crippen LogP contribution in [-0.2, 0) is 0 Å². The summed E-state index contributed by atoms with van der Waals surface area (Å²) in [6.45, 7) is 1.99. The number of hydrogen-bond donors (Lipinski definition) is 1. The summed E-state index contributed by atoms with van der Waals surface area (Å²) in [4.78, 5) is 0. The summed E-state index contributed by atoms with van der Waals surface area (Å²) in [5.74, 6) is 0.329. The van der Waals surface area contributed by atoms with Crippen molar-refractivity contribution in [3.05, 3.63) is 29.8 Å². The molecule has 0 bridgehead atoms. The maximum atomic E-state index is 8.76. The lowest BCUT2D eigenvalue weighted by atomic mass is 10.2. The zero-order chi connectivity index (χ0) is 5.98. The molecule has 50 valence electrons. The molecule has 0 aliphatic carbocycles. The summed E-state index contributed by atoms with van der Waals surface area (Å²) in [6, 6.07) is 7.09. The van der Waals surface area contributed by atoms with Crippen LogP contribution in [0.5, 0.6) is 5.75 Å². The molecule has 1 aromatic carbocycles. The SMILES string of the molecule is Cc1ccc(O)cc1.Cl. The average molecular weight is 145 g/mol. The van der Waals surface area contributed by atoms with Gasteiger partial charge >= 0.3 is 0 Å². The molecule has 1 rings (SSSR count). The topological polar surface area (TPSA) is 20.2 Å². The van der Waals surface area contributed by atoms with Gasteiger partial charge in [-0.2, -0.15) is 0 Å². The molecule has 9 heavy (non-hydrogen) atoms. The molecular formula is C7H9ClO. The fourth-order valence-corrected chi connectivity index (χ4v) is 0.545. The molecule has 0 amide bonds. The second kappa shape index (κ2) is 3.36. The molecule has 0 saturated carbocycles. The lowest BCUT2D eigenvalue weighted by molar-refractivity contribution is 0.475. The Balaban J connectivity index is 0.000000640. The van der Waals surface area contributed by atoms with E-state index in [2.05, 4.69) is 0 Å². The average Bonchev–Trinajstić information content (AvgIpc) is 1.77. The van der Waals surface area contributed by atoms with Crippen molar-refractivity contribution in [2.75, 3.05) is 0 Å². The van der Waals surface area contributed by atoms with Crippen molar-refractivity contribution >= 4 is 12.4 Å². The number of hydrogen-bond acceptors (Lipinski definition) is 1. The highest BCUT2D eigenvalue weighted by atomic mass is 35.5. The van der Waals surface area contributed by atoms with Crippen LogP contribution in [0.3, 0.4) is 0 Å². The van der Waals surface area contributed by atoms with Crippen molar-refractivity contribution in [2.24, 2.45) is 0 Å². The van der Waals surface area contributed by atoms with Crippen molar-refractivity contribution in [1.82, 2.24) is 0 Å². The summed E-state index contributed by atoms with van der Waals surface area (Å²) in [5, 5.41) is 8.76. The minimum atomic E-state index is 0. The van der Waals surface area contributed by atoms with Crippen LogP contribution in [0.4, 0.5) is 0 Å². The fourth-order valence-electron chi connectivity index (χ4n) is 0.545. The van der Waals surface area contributed by atoms with E-state index in [1.54, 1.807) is 12.1 Å². The Morgan fingerprint density at radius 2 is 1.56 bits per heavy atom. The number of benzene rings is 1. The largest absolute Gasteiger partial charge is 0.508 e. The molecule has 1 nitrogen and oxygen atoms in total. The van der Waals surface area contributed by atoms with E-state index in [9.17, 15) is 0 Å². The Morgan fingerprint density at radius 1 is 1.11 bits per heavy atom. The Kier molecular flexibility index (Phi) is 3.10. The van der Waals surface area contributed by atoms with E-state index in [4.69, 9.17) is 5.11 Å². The van der Waals surface area contributed by atoms with E-state index in [-0.39, 0.29) is 12.4 Å². The Hall–Kier alpha value is -0.690. The third-order valence-electron chi connectivity index (χ3n) is 1.03. The maximum Gasteiger partial charge on any atom is 0.115 e. The first-order valence-electron chi connectivity index (χ1n) is 2.54. The molecule has 1 N–H and O–H groups in total. The monoisotopic (exact) mass is 144 g/mol. The number of halogens is 1. The Bertz CT molecular complexity index is 148. The highest BCUT2D eigenvalue weighted by Crippen LogP contribution is 2.07. The van der Waals surface area contributed by atoms with Gasteiger partial charge in [0, 0.05) is 0 Å². The molecule has 0 spiro atoms. The summed E-state index contributed by atoms with van der Waals surface area (Å²) in [5.41, 5.74) is 1.17. The molecule has 0 radical (unpaired) electrons. The molecule has 0 saturated heterocycles. The fraction of sp³-hybridized carbons (Fsp3) is 0.143. The second-order valence-corrected chi connectivity index (χ2v) is 1.84. The van der Waals surface area contributed by atoms with Crippen LogP contribution in [-0.4, -0.2) is 5.11 Å². The quantitative estimate of drug-likeness (QED) is 0.592. The number of aromatic hydroxyl groups is 1. The predicted octanol–water partition coefficient (Wildman–Crippen LogP) is 2.12. The van der Waals surface area contributed by atoms with Gasteiger partial charge in [-0.05, 0) is 19.1 Å². The molecule has 0 fully saturated rings. The molecule has 0 heterocycles. The Morgan fingerprint density at radius 3 is 1.89 bits per heavy atom. The van der Waals surface area contributed by atoms with Crippen LogP contribution in [0.1, 0.15) is 5.56 Å². The van der Waals surface area contributed by atoms with Crippen molar-refractivity contribution in [2.45, 2.75) is 6.92 Å². The van der Waals surface area contributed by atoms with Crippen LogP contribution in [0.15, 0.2) is 24.3 Å². The van der Waals surface area contributed by atoms with Gasteiger partial charge in [0.25, 0.3) is 0 Å².